The van der Waals surface area contributed by atoms with Gasteiger partial charge in [0.1, 0.15) is 0 Å². The van der Waals surface area contributed by atoms with Crippen LogP contribution in [0.1, 0.15) is 35.9 Å². The number of amides is 1. The summed E-state index contributed by atoms with van der Waals surface area (Å²) in [5, 5.41) is 7.06. The Balaban J connectivity index is 1.36. The van der Waals surface area contributed by atoms with Gasteiger partial charge in [-0.15, -0.1) is 0 Å². The minimum Gasteiger partial charge on any atom is -0.493 e. The van der Waals surface area contributed by atoms with E-state index in [0.717, 1.165) is 24.0 Å². The summed E-state index contributed by atoms with van der Waals surface area (Å²) in [5.74, 6) is 2.25. The fourth-order valence-electron chi connectivity index (χ4n) is 3.54. The Bertz CT molecular complexity index is 1000. The molecule has 8 nitrogen and oxygen atoms in total. The molecule has 0 radical (unpaired) electrons. The number of carbonyl (C=O) groups is 1. The van der Waals surface area contributed by atoms with E-state index in [0.29, 0.717) is 29.6 Å². The third kappa shape index (κ3) is 4.06. The lowest BCUT2D eigenvalue weighted by molar-refractivity contribution is -0.121. The highest BCUT2D eigenvalue weighted by Crippen LogP contribution is 2.39. The number of aromatic nitrogens is 3. The lowest BCUT2D eigenvalue weighted by Gasteiger charge is -2.16. The summed E-state index contributed by atoms with van der Waals surface area (Å²) in [6.07, 6.45) is 5.74. The van der Waals surface area contributed by atoms with E-state index in [2.05, 4.69) is 20.4 Å². The molecule has 1 aliphatic rings. The Labute approximate surface area is 168 Å². The number of pyridine rings is 1. The predicted octanol–water partition coefficient (Wildman–Crippen LogP) is 2.89. The fourth-order valence-corrected chi connectivity index (χ4v) is 3.54. The maximum Gasteiger partial charge on any atom is 0.227 e. The van der Waals surface area contributed by atoms with E-state index in [1.807, 2.05) is 24.3 Å². The number of nitrogens with zero attached hydrogens (tertiary/aromatic N) is 3. The topological polar surface area (TPSA) is 99.4 Å². The van der Waals surface area contributed by atoms with Crippen molar-refractivity contribution in [2.75, 3.05) is 14.2 Å². The van der Waals surface area contributed by atoms with E-state index in [9.17, 15) is 4.79 Å². The van der Waals surface area contributed by atoms with Crippen molar-refractivity contribution in [2.45, 2.75) is 31.7 Å². The van der Waals surface area contributed by atoms with Gasteiger partial charge in [-0.3, -0.25) is 9.78 Å². The van der Waals surface area contributed by atoms with E-state index in [-0.39, 0.29) is 18.4 Å². The zero-order chi connectivity index (χ0) is 20.2. The summed E-state index contributed by atoms with van der Waals surface area (Å²) in [6, 6.07) is 7.52. The molecule has 1 atom stereocenters. The molecule has 0 aliphatic heterocycles. The van der Waals surface area contributed by atoms with Gasteiger partial charge in [0.2, 0.25) is 17.6 Å². The Kier molecular flexibility index (Phi) is 5.41. The van der Waals surface area contributed by atoms with Crippen LogP contribution >= 0.6 is 0 Å². The Hall–Kier alpha value is -3.42. The first-order valence-corrected chi connectivity index (χ1v) is 9.45. The second kappa shape index (κ2) is 8.30. The average molecular weight is 394 g/mol. The van der Waals surface area contributed by atoms with Crippen molar-refractivity contribution in [3.05, 3.63) is 53.7 Å². The number of benzene rings is 1. The maximum atomic E-state index is 12.5. The smallest absolute Gasteiger partial charge is 0.227 e. The monoisotopic (exact) mass is 394 g/mol. The summed E-state index contributed by atoms with van der Waals surface area (Å²) in [5.41, 5.74) is 3.08. The molecule has 1 aromatic carbocycles. The zero-order valence-corrected chi connectivity index (χ0v) is 16.3. The van der Waals surface area contributed by atoms with Crippen LogP contribution in [0.15, 0.2) is 41.2 Å². The largest absolute Gasteiger partial charge is 0.493 e. The van der Waals surface area contributed by atoms with Gasteiger partial charge in [-0.2, -0.15) is 4.98 Å². The van der Waals surface area contributed by atoms with Crippen LogP contribution in [0.3, 0.4) is 0 Å². The van der Waals surface area contributed by atoms with E-state index < -0.39 is 0 Å². The van der Waals surface area contributed by atoms with Crippen LogP contribution < -0.4 is 14.8 Å². The first-order valence-electron chi connectivity index (χ1n) is 9.45. The highest BCUT2D eigenvalue weighted by atomic mass is 16.5. The normalized spacial score (nSPS) is 15.0. The van der Waals surface area contributed by atoms with Crippen molar-refractivity contribution >= 4 is 5.91 Å². The van der Waals surface area contributed by atoms with Gasteiger partial charge in [-0.05, 0) is 48.2 Å². The molecule has 1 unspecified atom stereocenters. The number of rotatable bonds is 7. The molecule has 0 bridgehead atoms. The van der Waals surface area contributed by atoms with Gasteiger partial charge in [-0.25, -0.2) is 0 Å². The molecule has 8 heteroatoms. The fraction of sp³-hybridized carbons (Fsp3) is 0.333. The molecule has 29 heavy (non-hydrogen) atoms. The zero-order valence-electron chi connectivity index (χ0n) is 16.3. The molecule has 0 saturated carbocycles. The van der Waals surface area contributed by atoms with Crippen LogP contribution in [0.2, 0.25) is 0 Å². The van der Waals surface area contributed by atoms with Crippen LogP contribution in [0.4, 0.5) is 0 Å². The Morgan fingerprint density at radius 3 is 2.72 bits per heavy atom. The predicted molar refractivity (Wildman–Crippen MR) is 105 cm³/mol. The number of fused-ring (bicyclic) bond motifs is 1. The highest BCUT2D eigenvalue weighted by molar-refractivity contribution is 5.77. The van der Waals surface area contributed by atoms with Crippen LogP contribution in [-0.4, -0.2) is 35.3 Å². The van der Waals surface area contributed by atoms with E-state index in [1.165, 1.54) is 5.56 Å². The van der Waals surface area contributed by atoms with Crippen molar-refractivity contribution in [3.8, 4) is 22.9 Å². The number of hydrogen-bond donors (Lipinski definition) is 1. The van der Waals surface area contributed by atoms with Crippen molar-refractivity contribution in [3.63, 3.8) is 0 Å². The number of carbonyl (C=O) groups excluding carboxylic acids is 1. The molecule has 2 aromatic heterocycles. The van der Waals surface area contributed by atoms with Gasteiger partial charge in [-0.1, -0.05) is 5.16 Å². The molecule has 0 saturated heterocycles. The molecule has 1 N–H and O–H groups in total. The third-order valence-corrected chi connectivity index (χ3v) is 5.03. The molecule has 2 heterocycles. The van der Waals surface area contributed by atoms with E-state index >= 15 is 0 Å². The number of ether oxygens (including phenoxy) is 2. The second-order valence-electron chi connectivity index (χ2n) is 6.81. The first kappa shape index (κ1) is 18.9. The van der Waals surface area contributed by atoms with Crippen molar-refractivity contribution in [1.82, 2.24) is 20.4 Å². The van der Waals surface area contributed by atoms with Crippen molar-refractivity contribution in [1.29, 1.82) is 0 Å². The standard InChI is InChI=1S/C21H22N4O4/c1-27-17-11-14-3-4-16(15(14)12-18(17)28-2)23-19(26)5-6-20-24-21(25-29-20)13-7-9-22-10-8-13/h7-12,16H,3-6H2,1-2H3,(H,23,26). The number of hydrogen-bond acceptors (Lipinski definition) is 7. The SMILES string of the molecule is COc1cc2c(cc1OC)C(NC(=O)CCc1nc(-c3ccncc3)no1)CC2. The summed E-state index contributed by atoms with van der Waals surface area (Å²) >= 11 is 0. The summed E-state index contributed by atoms with van der Waals surface area (Å²) in [6.45, 7) is 0. The second-order valence-corrected chi connectivity index (χ2v) is 6.81. The minimum atomic E-state index is -0.0544. The van der Waals surface area contributed by atoms with Crippen LogP contribution in [-0.2, 0) is 17.6 Å². The van der Waals surface area contributed by atoms with Gasteiger partial charge in [0.25, 0.3) is 0 Å². The molecule has 4 rings (SSSR count). The van der Waals surface area contributed by atoms with Gasteiger partial charge in [0.05, 0.1) is 20.3 Å². The minimum absolute atomic E-state index is 0.0348. The van der Waals surface area contributed by atoms with Crippen LogP contribution in [0.25, 0.3) is 11.4 Å². The van der Waals surface area contributed by atoms with Gasteiger partial charge in [0.15, 0.2) is 11.5 Å². The summed E-state index contributed by atoms with van der Waals surface area (Å²) in [7, 11) is 3.23. The quantitative estimate of drug-likeness (QED) is 0.658. The Morgan fingerprint density at radius 2 is 1.97 bits per heavy atom. The van der Waals surface area contributed by atoms with E-state index in [4.69, 9.17) is 14.0 Å². The van der Waals surface area contributed by atoms with Gasteiger partial charge < -0.3 is 19.3 Å². The maximum absolute atomic E-state index is 12.5. The molecular formula is C21H22N4O4. The van der Waals surface area contributed by atoms with Crippen molar-refractivity contribution < 1.29 is 18.8 Å². The third-order valence-electron chi connectivity index (χ3n) is 5.03. The lowest BCUT2D eigenvalue weighted by atomic mass is 10.1. The Morgan fingerprint density at radius 1 is 1.21 bits per heavy atom. The van der Waals surface area contributed by atoms with Crippen molar-refractivity contribution in [2.24, 2.45) is 0 Å². The van der Waals surface area contributed by atoms with Crippen LogP contribution in [0, 0.1) is 0 Å². The first-order chi connectivity index (χ1) is 14.2. The number of aryl methyl sites for hydroxylation is 2. The van der Waals surface area contributed by atoms with Gasteiger partial charge in [0, 0.05) is 30.8 Å². The number of methoxy groups -OCH3 is 2. The molecule has 3 aromatic rings. The van der Waals surface area contributed by atoms with Crippen LogP contribution in [0.5, 0.6) is 11.5 Å². The average Bonchev–Trinajstić information content (AvgIpc) is 3.39. The summed E-state index contributed by atoms with van der Waals surface area (Å²) in [4.78, 5) is 20.8. The van der Waals surface area contributed by atoms with Gasteiger partial charge >= 0.3 is 0 Å². The molecule has 0 spiro atoms. The summed E-state index contributed by atoms with van der Waals surface area (Å²) < 4.78 is 16.0. The molecule has 0 fully saturated rings. The molecule has 1 amide bonds. The highest BCUT2D eigenvalue weighted by Gasteiger charge is 2.26. The lowest BCUT2D eigenvalue weighted by Crippen LogP contribution is -2.27. The molecule has 1 aliphatic carbocycles. The van der Waals surface area contributed by atoms with E-state index in [1.54, 1.807) is 26.6 Å². The number of nitrogens with one attached hydrogen (secondary N) is 1. The molecule has 150 valence electrons. The molecular weight excluding hydrogens is 372 g/mol.